The number of H-pyrrole nitrogens is 1. The summed E-state index contributed by atoms with van der Waals surface area (Å²) in [4.78, 5) is 15.0. The van der Waals surface area contributed by atoms with Gasteiger partial charge < -0.3 is 15.2 Å². The monoisotopic (exact) mass is 281 g/mol. The van der Waals surface area contributed by atoms with Crippen molar-refractivity contribution in [3.05, 3.63) is 45.7 Å². The molecule has 1 heterocycles. The van der Waals surface area contributed by atoms with Gasteiger partial charge in [-0.25, -0.2) is 0 Å². The van der Waals surface area contributed by atoms with Crippen LogP contribution in [0.1, 0.15) is 23.8 Å². The second kappa shape index (κ2) is 5.74. The second-order valence-corrected chi connectivity index (χ2v) is 4.99. The first kappa shape index (κ1) is 14.1. The van der Waals surface area contributed by atoms with E-state index in [1.807, 2.05) is 6.92 Å². The number of alkyl halides is 1. The van der Waals surface area contributed by atoms with Crippen molar-refractivity contribution in [3.8, 4) is 0 Å². The van der Waals surface area contributed by atoms with Crippen molar-refractivity contribution in [2.75, 3.05) is 5.88 Å². The van der Waals surface area contributed by atoms with Crippen molar-refractivity contribution in [1.82, 2.24) is 4.98 Å². The van der Waals surface area contributed by atoms with Crippen LogP contribution in [0.15, 0.2) is 29.1 Å². The van der Waals surface area contributed by atoms with Crippen molar-refractivity contribution in [1.29, 1.82) is 0 Å². The van der Waals surface area contributed by atoms with Gasteiger partial charge in [-0.1, -0.05) is 6.07 Å². The lowest BCUT2D eigenvalue weighted by atomic mass is 10.0. The molecule has 0 bridgehead atoms. The molecule has 0 saturated carbocycles. The Morgan fingerprint density at radius 2 is 2.05 bits per heavy atom. The van der Waals surface area contributed by atoms with Crippen LogP contribution in [-0.2, 0) is 0 Å². The van der Waals surface area contributed by atoms with Crippen LogP contribution in [0.5, 0.6) is 0 Å². The highest BCUT2D eigenvalue weighted by atomic mass is 35.5. The number of nitrogens with one attached hydrogen (secondary N) is 1. The fourth-order valence-corrected chi connectivity index (χ4v) is 2.30. The van der Waals surface area contributed by atoms with Gasteiger partial charge in [0.15, 0.2) is 5.43 Å². The van der Waals surface area contributed by atoms with Gasteiger partial charge in [0.05, 0.1) is 6.10 Å². The van der Waals surface area contributed by atoms with Gasteiger partial charge >= 0.3 is 0 Å². The van der Waals surface area contributed by atoms with Crippen LogP contribution in [0.3, 0.4) is 0 Å². The number of fused-ring (bicyclic) bond motifs is 1. The molecule has 2 unspecified atom stereocenters. The van der Waals surface area contributed by atoms with E-state index < -0.39 is 12.2 Å². The van der Waals surface area contributed by atoms with Gasteiger partial charge in [0.25, 0.3) is 0 Å². The predicted octanol–water partition coefficient (Wildman–Crippen LogP) is 1.86. The summed E-state index contributed by atoms with van der Waals surface area (Å²) in [7, 11) is 0. The molecule has 5 heteroatoms. The van der Waals surface area contributed by atoms with Crippen LogP contribution >= 0.6 is 11.6 Å². The topological polar surface area (TPSA) is 73.3 Å². The number of hydrogen-bond donors (Lipinski definition) is 3. The largest absolute Gasteiger partial charge is 0.390 e. The van der Waals surface area contributed by atoms with E-state index in [9.17, 15) is 15.0 Å². The summed E-state index contributed by atoms with van der Waals surface area (Å²) in [5, 5.41) is 20.2. The first-order valence-electron chi connectivity index (χ1n) is 6.08. The summed E-state index contributed by atoms with van der Waals surface area (Å²) in [5.41, 5.74) is 1.91. The lowest BCUT2D eigenvalue weighted by Gasteiger charge is -2.17. The molecule has 0 saturated heterocycles. The van der Waals surface area contributed by atoms with Crippen LogP contribution in [0.4, 0.5) is 0 Å². The van der Waals surface area contributed by atoms with E-state index in [1.165, 1.54) is 6.07 Å². The average Bonchev–Trinajstić information content (AvgIpc) is 2.37. The number of hydrogen-bond acceptors (Lipinski definition) is 3. The van der Waals surface area contributed by atoms with Gasteiger partial charge in [-0.05, 0) is 31.0 Å². The number of pyridine rings is 1. The first-order valence-corrected chi connectivity index (χ1v) is 6.62. The third-order valence-electron chi connectivity index (χ3n) is 3.10. The zero-order valence-corrected chi connectivity index (χ0v) is 11.3. The fraction of sp³-hybridized carbons (Fsp3) is 0.357. The van der Waals surface area contributed by atoms with Gasteiger partial charge in [0.1, 0.15) is 6.10 Å². The maximum atomic E-state index is 11.9. The molecule has 0 aliphatic carbocycles. The van der Waals surface area contributed by atoms with E-state index in [4.69, 9.17) is 11.6 Å². The Kier molecular flexibility index (Phi) is 4.24. The minimum Gasteiger partial charge on any atom is -0.390 e. The van der Waals surface area contributed by atoms with Crippen molar-refractivity contribution in [3.63, 3.8) is 0 Å². The van der Waals surface area contributed by atoms with Crippen LogP contribution < -0.4 is 5.43 Å². The molecule has 2 aromatic rings. The Labute approximate surface area is 115 Å². The maximum Gasteiger partial charge on any atom is 0.189 e. The summed E-state index contributed by atoms with van der Waals surface area (Å²) in [6, 6.07) is 6.54. The number of aliphatic hydroxyl groups is 2. The predicted molar refractivity (Wildman–Crippen MR) is 75.6 cm³/mol. The van der Waals surface area contributed by atoms with E-state index in [1.54, 1.807) is 18.2 Å². The quantitative estimate of drug-likeness (QED) is 0.749. The Morgan fingerprint density at radius 3 is 2.74 bits per heavy atom. The molecule has 2 atom stereocenters. The number of rotatable bonds is 4. The maximum absolute atomic E-state index is 11.9. The van der Waals surface area contributed by atoms with E-state index in [2.05, 4.69) is 4.98 Å². The van der Waals surface area contributed by atoms with E-state index >= 15 is 0 Å². The van der Waals surface area contributed by atoms with Gasteiger partial charge in [0, 0.05) is 28.5 Å². The van der Waals surface area contributed by atoms with Crippen LogP contribution in [0, 0.1) is 6.92 Å². The SMILES string of the molecule is Cc1cc(=O)c2cc(C(O)C(O)CCCl)ccc2[nH]1. The molecular weight excluding hydrogens is 266 g/mol. The van der Waals surface area contributed by atoms with Crippen LogP contribution in [0.25, 0.3) is 10.9 Å². The van der Waals surface area contributed by atoms with Crippen molar-refractivity contribution in [2.45, 2.75) is 25.6 Å². The van der Waals surface area contributed by atoms with Gasteiger partial charge in [-0.3, -0.25) is 4.79 Å². The number of benzene rings is 1. The molecule has 0 aliphatic heterocycles. The molecule has 3 N–H and O–H groups in total. The zero-order valence-electron chi connectivity index (χ0n) is 10.6. The molecule has 1 aromatic carbocycles. The summed E-state index contributed by atoms with van der Waals surface area (Å²) >= 11 is 5.54. The van der Waals surface area contributed by atoms with Crippen LogP contribution in [-0.4, -0.2) is 27.2 Å². The number of aromatic amines is 1. The van der Waals surface area contributed by atoms with E-state index in [0.717, 1.165) is 5.69 Å². The van der Waals surface area contributed by atoms with Crippen molar-refractivity contribution in [2.24, 2.45) is 0 Å². The average molecular weight is 282 g/mol. The number of aromatic nitrogens is 1. The minimum atomic E-state index is -1.04. The molecule has 2 rings (SSSR count). The third-order valence-corrected chi connectivity index (χ3v) is 3.32. The highest BCUT2D eigenvalue weighted by Gasteiger charge is 2.18. The lowest BCUT2D eigenvalue weighted by molar-refractivity contribution is 0.0171. The van der Waals surface area contributed by atoms with Crippen LogP contribution in [0.2, 0.25) is 0 Å². The van der Waals surface area contributed by atoms with Gasteiger partial charge in [-0.2, -0.15) is 0 Å². The third kappa shape index (κ3) is 2.97. The fourth-order valence-electron chi connectivity index (χ4n) is 2.07. The molecular formula is C14H16ClNO3. The summed E-state index contributed by atoms with van der Waals surface area (Å²) in [6.07, 6.45) is -1.67. The lowest BCUT2D eigenvalue weighted by Crippen LogP contribution is -2.19. The molecule has 0 aliphatic rings. The highest BCUT2D eigenvalue weighted by Crippen LogP contribution is 2.22. The van der Waals surface area contributed by atoms with E-state index in [-0.39, 0.29) is 11.3 Å². The smallest absolute Gasteiger partial charge is 0.189 e. The Bertz CT molecular complexity index is 638. The molecule has 0 amide bonds. The number of aryl methyl sites for hydroxylation is 1. The van der Waals surface area contributed by atoms with Gasteiger partial charge in [0.2, 0.25) is 0 Å². The Morgan fingerprint density at radius 1 is 1.32 bits per heavy atom. The molecule has 1 aromatic heterocycles. The number of aliphatic hydroxyl groups excluding tert-OH is 2. The molecule has 0 fully saturated rings. The van der Waals surface area contributed by atoms with Gasteiger partial charge in [-0.15, -0.1) is 11.6 Å². The number of halogens is 1. The Hall–Kier alpha value is -1.36. The van der Waals surface area contributed by atoms with Crippen molar-refractivity contribution < 1.29 is 10.2 Å². The summed E-state index contributed by atoms with van der Waals surface area (Å²) in [5.74, 6) is 0.269. The molecule has 4 nitrogen and oxygen atoms in total. The molecule has 0 spiro atoms. The molecule has 19 heavy (non-hydrogen) atoms. The molecule has 102 valence electrons. The highest BCUT2D eigenvalue weighted by molar-refractivity contribution is 6.17. The molecule has 0 radical (unpaired) electrons. The normalized spacial score (nSPS) is 14.5. The van der Waals surface area contributed by atoms with Crippen molar-refractivity contribution >= 4 is 22.5 Å². The van der Waals surface area contributed by atoms with E-state index in [0.29, 0.717) is 22.9 Å². The minimum absolute atomic E-state index is 0.105. The zero-order chi connectivity index (χ0) is 14.0. The summed E-state index contributed by atoms with van der Waals surface area (Å²) < 4.78 is 0. The standard InChI is InChI=1S/C14H16ClNO3/c1-8-6-13(18)10-7-9(2-3-11(10)16-8)14(19)12(17)4-5-15/h2-3,6-7,12,14,17,19H,4-5H2,1H3,(H,16,18). The Balaban J connectivity index is 2.44. The second-order valence-electron chi connectivity index (χ2n) is 4.61. The summed E-state index contributed by atoms with van der Waals surface area (Å²) in [6.45, 7) is 1.81. The first-order chi connectivity index (χ1) is 9.02.